The molecule has 2 amide bonds. The number of anilines is 2. The summed E-state index contributed by atoms with van der Waals surface area (Å²) in [4.78, 5) is 30.3. The Labute approximate surface area is 160 Å². The van der Waals surface area contributed by atoms with Crippen LogP contribution in [0.4, 0.5) is 11.5 Å². The molecule has 0 aliphatic heterocycles. The SMILES string of the molecule is C=CCNC(=O)c1ccc(N(C)CC(=O)Nc2c(C)cc(C)cc2C)nc1. The number of hydrogen-bond acceptors (Lipinski definition) is 4. The predicted octanol–water partition coefficient (Wildman–Crippen LogP) is 3.00. The molecule has 2 N–H and O–H groups in total. The summed E-state index contributed by atoms with van der Waals surface area (Å²) in [5, 5.41) is 5.67. The van der Waals surface area contributed by atoms with Crippen LogP contribution in [0.1, 0.15) is 27.0 Å². The smallest absolute Gasteiger partial charge is 0.253 e. The van der Waals surface area contributed by atoms with Crippen LogP contribution >= 0.6 is 0 Å². The van der Waals surface area contributed by atoms with Gasteiger partial charge in [-0.2, -0.15) is 0 Å². The average molecular weight is 366 g/mol. The van der Waals surface area contributed by atoms with E-state index in [1.165, 1.54) is 11.8 Å². The molecule has 0 fully saturated rings. The lowest BCUT2D eigenvalue weighted by atomic mass is 10.1. The van der Waals surface area contributed by atoms with Crippen molar-refractivity contribution in [2.24, 2.45) is 0 Å². The van der Waals surface area contributed by atoms with Gasteiger partial charge in [-0.05, 0) is 44.0 Å². The molecule has 27 heavy (non-hydrogen) atoms. The minimum Gasteiger partial charge on any atom is -0.350 e. The molecule has 1 heterocycles. The molecule has 0 unspecified atom stereocenters. The fourth-order valence-corrected chi connectivity index (χ4v) is 2.87. The highest BCUT2D eigenvalue weighted by Gasteiger charge is 2.13. The number of rotatable bonds is 7. The Bertz CT molecular complexity index is 821. The molecular formula is C21H26N4O2. The second-order valence-corrected chi connectivity index (χ2v) is 6.58. The van der Waals surface area contributed by atoms with Crippen molar-refractivity contribution in [2.45, 2.75) is 20.8 Å². The number of benzene rings is 1. The number of carbonyl (C=O) groups excluding carboxylic acids is 2. The summed E-state index contributed by atoms with van der Waals surface area (Å²) < 4.78 is 0. The van der Waals surface area contributed by atoms with Gasteiger partial charge in [0.2, 0.25) is 5.91 Å². The van der Waals surface area contributed by atoms with E-state index in [4.69, 9.17) is 0 Å². The summed E-state index contributed by atoms with van der Waals surface area (Å²) in [7, 11) is 1.79. The van der Waals surface area contributed by atoms with Gasteiger partial charge < -0.3 is 15.5 Å². The normalized spacial score (nSPS) is 10.2. The van der Waals surface area contributed by atoms with Crippen molar-refractivity contribution in [1.82, 2.24) is 10.3 Å². The maximum Gasteiger partial charge on any atom is 0.253 e. The molecule has 2 aromatic rings. The second-order valence-electron chi connectivity index (χ2n) is 6.58. The van der Waals surface area contributed by atoms with Crippen molar-refractivity contribution in [1.29, 1.82) is 0 Å². The summed E-state index contributed by atoms with van der Waals surface area (Å²) in [5.41, 5.74) is 4.56. The van der Waals surface area contributed by atoms with Crippen LogP contribution in [0.2, 0.25) is 0 Å². The number of hydrogen-bond donors (Lipinski definition) is 2. The van der Waals surface area contributed by atoms with Crippen LogP contribution < -0.4 is 15.5 Å². The van der Waals surface area contributed by atoms with E-state index in [0.717, 1.165) is 16.8 Å². The van der Waals surface area contributed by atoms with E-state index in [2.05, 4.69) is 22.2 Å². The Balaban J connectivity index is 2.00. The van der Waals surface area contributed by atoms with E-state index in [-0.39, 0.29) is 18.4 Å². The molecule has 6 nitrogen and oxygen atoms in total. The highest BCUT2D eigenvalue weighted by Crippen LogP contribution is 2.22. The van der Waals surface area contributed by atoms with Crippen LogP contribution in [0.3, 0.4) is 0 Å². The zero-order valence-electron chi connectivity index (χ0n) is 16.3. The molecular weight excluding hydrogens is 340 g/mol. The molecule has 0 saturated heterocycles. The van der Waals surface area contributed by atoms with E-state index >= 15 is 0 Å². The van der Waals surface area contributed by atoms with Crippen LogP contribution in [0.25, 0.3) is 0 Å². The van der Waals surface area contributed by atoms with Crippen molar-refractivity contribution in [3.8, 4) is 0 Å². The van der Waals surface area contributed by atoms with Gasteiger partial charge in [-0.15, -0.1) is 6.58 Å². The minimum absolute atomic E-state index is 0.123. The maximum absolute atomic E-state index is 12.4. The molecule has 1 aromatic carbocycles. The first-order chi connectivity index (χ1) is 12.8. The van der Waals surface area contributed by atoms with Gasteiger partial charge in [0.05, 0.1) is 12.1 Å². The van der Waals surface area contributed by atoms with E-state index in [1.807, 2.05) is 32.9 Å². The molecule has 1 aromatic heterocycles. The van der Waals surface area contributed by atoms with Crippen molar-refractivity contribution in [2.75, 3.05) is 30.4 Å². The first kappa shape index (κ1) is 20.2. The number of carbonyl (C=O) groups is 2. The van der Waals surface area contributed by atoms with Crippen LogP contribution in [-0.4, -0.2) is 36.9 Å². The lowest BCUT2D eigenvalue weighted by molar-refractivity contribution is -0.114. The third-order valence-corrected chi connectivity index (χ3v) is 4.13. The molecule has 0 aliphatic rings. The number of aromatic nitrogens is 1. The molecule has 2 rings (SSSR count). The molecule has 0 atom stereocenters. The summed E-state index contributed by atoms with van der Waals surface area (Å²) in [6, 6.07) is 7.50. The van der Waals surface area contributed by atoms with Crippen molar-refractivity contribution < 1.29 is 9.59 Å². The number of aryl methyl sites for hydroxylation is 3. The Morgan fingerprint density at radius 1 is 1.19 bits per heavy atom. The van der Waals surface area contributed by atoms with Gasteiger partial charge in [0.15, 0.2) is 0 Å². The lowest BCUT2D eigenvalue weighted by Gasteiger charge is -2.19. The first-order valence-electron chi connectivity index (χ1n) is 8.75. The first-order valence-corrected chi connectivity index (χ1v) is 8.75. The maximum atomic E-state index is 12.4. The molecule has 0 aliphatic carbocycles. The largest absolute Gasteiger partial charge is 0.350 e. The van der Waals surface area contributed by atoms with Gasteiger partial charge in [0.25, 0.3) is 5.91 Å². The number of amides is 2. The monoisotopic (exact) mass is 366 g/mol. The standard InChI is InChI=1S/C21H26N4O2/c1-6-9-22-21(27)17-7-8-18(23-12-17)25(5)13-19(26)24-20-15(3)10-14(2)11-16(20)4/h6-8,10-12H,1,9,13H2,2-5H3,(H,22,27)(H,24,26). The van der Waals surface area contributed by atoms with Gasteiger partial charge in [0, 0.05) is 25.5 Å². The molecule has 0 radical (unpaired) electrons. The third kappa shape index (κ3) is 5.41. The van der Waals surface area contributed by atoms with Gasteiger partial charge in [-0.25, -0.2) is 4.98 Å². The molecule has 142 valence electrons. The predicted molar refractivity (Wildman–Crippen MR) is 109 cm³/mol. The van der Waals surface area contributed by atoms with Crippen molar-refractivity contribution in [3.63, 3.8) is 0 Å². The van der Waals surface area contributed by atoms with Gasteiger partial charge >= 0.3 is 0 Å². The van der Waals surface area contributed by atoms with Gasteiger partial charge in [0.1, 0.15) is 5.82 Å². The second kappa shape index (κ2) is 8.98. The Morgan fingerprint density at radius 3 is 2.41 bits per heavy atom. The number of likely N-dealkylation sites (N-methyl/N-ethyl adjacent to an activating group) is 1. The van der Waals surface area contributed by atoms with Gasteiger partial charge in [-0.3, -0.25) is 9.59 Å². The minimum atomic E-state index is -0.209. The zero-order valence-corrected chi connectivity index (χ0v) is 16.3. The highest BCUT2D eigenvalue weighted by atomic mass is 16.2. The number of nitrogens with one attached hydrogen (secondary N) is 2. The van der Waals surface area contributed by atoms with E-state index < -0.39 is 0 Å². The highest BCUT2D eigenvalue weighted by molar-refractivity contribution is 5.96. The van der Waals surface area contributed by atoms with Crippen LogP contribution in [-0.2, 0) is 4.79 Å². The number of nitrogens with zero attached hydrogens (tertiary/aromatic N) is 2. The molecule has 0 spiro atoms. The summed E-state index contributed by atoms with van der Waals surface area (Å²) in [5.74, 6) is 0.282. The summed E-state index contributed by atoms with van der Waals surface area (Å²) >= 11 is 0. The van der Waals surface area contributed by atoms with Crippen LogP contribution in [0, 0.1) is 20.8 Å². The van der Waals surface area contributed by atoms with E-state index in [0.29, 0.717) is 17.9 Å². The third-order valence-electron chi connectivity index (χ3n) is 4.13. The van der Waals surface area contributed by atoms with Crippen molar-refractivity contribution in [3.05, 3.63) is 65.4 Å². The van der Waals surface area contributed by atoms with Gasteiger partial charge in [-0.1, -0.05) is 23.8 Å². The summed E-state index contributed by atoms with van der Waals surface area (Å²) in [6.07, 6.45) is 3.11. The van der Waals surface area contributed by atoms with E-state index in [9.17, 15) is 9.59 Å². The Hall–Kier alpha value is -3.15. The molecule has 0 bridgehead atoms. The fourth-order valence-electron chi connectivity index (χ4n) is 2.87. The summed E-state index contributed by atoms with van der Waals surface area (Å²) in [6.45, 7) is 10.1. The quantitative estimate of drug-likeness (QED) is 0.739. The molecule has 6 heteroatoms. The average Bonchev–Trinajstić information content (AvgIpc) is 2.62. The molecule has 0 saturated carbocycles. The lowest BCUT2D eigenvalue weighted by Crippen LogP contribution is -2.31. The van der Waals surface area contributed by atoms with Crippen LogP contribution in [0.5, 0.6) is 0 Å². The van der Waals surface area contributed by atoms with E-state index in [1.54, 1.807) is 30.2 Å². The Kier molecular flexibility index (Phi) is 6.71. The topological polar surface area (TPSA) is 74.3 Å². The van der Waals surface area contributed by atoms with Crippen LogP contribution in [0.15, 0.2) is 43.1 Å². The van der Waals surface area contributed by atoms with Crippen molar-refractivity contribution >= 4 is 23.3 Å². The fraction of sp³-hybridized carbons (Fsp3) is 0.286. The number of pyridine rings is 1. The zero-order chi connectivity index (χ0) is 20.0. The Morgan fingerprint density at radius 2 is 1.85 bits per heavy atom.